The average Bonchev–Trinajstić information content (AvgIpc) is 2.42. The minimum absolute atomic E-state index is 0. The SMILES string of the molecule is I.NC(=NC1CCCCC1)NC1CC(c2cc(F)cc(F)c2)C1. The second kappa shape index (κ2) is 8.26. The van der Waals surface area contributed by atoms with Crippen molar-refractivity contribution in [2.45, 2.75) is 62.9 Å². The molecule has 2 fully saturated rings. The maximum absolute atomic E-state index is 13.2. The van der Waals surface area contributed by atoms with Crippen LogP contribution in [-0.4, -0.2) is 18.0 Å². The van der Waals surface area contributed by atoms with E-state index in [1.54, 1.807) is 0 Å². The molecular weight excluding hydrogens is 411 g/mol. The van der Waals surface area contributed by atoms with Crippen LogP contribution >= 0.6 is 24.0 Å². The standard InChI is InChI=1S/C17H23F2N3.HI/c18-13-6-11(7-14(19)10-13)12-8-16(9-12)22-17(20)21-15-4-2-1-3-5-15;/h6-7,10,12,15-16H,1-5,8-9H2,(H3,20,21,22);1H. The first kappa shape index (κ1) is 18.4. The molecule has 2 aliphatic rings. The first-order valence-corrected chi connectivity index (χ1v) is 8.16. The Morgan fingerprint density at radius 3 is 2.26 bits per heavy atom. The summed E-state index contributed by atoms with van der Waals surface area (Å²) < 4.78 is 26.4. The molecule has 0 aliphatic heterocycles. The van der Waals surface area contributed by atoms with Crippen molar-refractivity contribution in [2.75, 3.05) is 0 Å². The predicted octanol–water partition coefficient (Wildman–Crippen LogP) is 4.07. The predicted molar refractivity (Wildman–Crippen MR) is 99.2 cm³/mol. The number of nitrogens with zero attached hydrogens (tertiary/aromatic N) is 1. The molecule has 2 saturated carbocycles. The zero-order valence-corrected chi connectivity index (χ0v) is 15.4. The molecule has 0 radical (unpaired) electrons. The molecule has 0 bridgehead atoms. The summed E-state index contributed by atoms with van der Waals surface area (Å²) in [5.41, 5.74) is 6.70. The molecule has 0 heterocycles. The zero-order chi connectivity index (χ0) is 15.5. The summed E-state index contributed by atoms with van der Waals surface area (Å²) in [5.74, 6) is -0.305. The fourth-order valence-electron chi connectivity index (χ4n) is 3.47. The van der Waals surface area contributed by atoms with Crippen molar-refractivity contribution in [2.24, 2.45) is 10.7 Å². The maximum Gasteiger partial charge on any atom is 0.189 e. The molecule has 0 saturated heterocycles. The van der Waals surface area contributed by atoms with Crippen LogP contribution in [0.2, 0.25) is 0 Å². The lowest BCUT2D eigenvalue weighted by molar-refractivity contribution is 0.321. The van der Waals surface area contributed by atoms with E-state index in [4.69, 9.17) is 5.73 Å². The first-order chi connectivity index (χ1) is 10.6. The van der Waals surface area contributed by atoms with E-state index in [0.29, 0.717) is 12.0 Å². The summed E-state index contributed by atoms with van der Waals surface area (Å²) in [6.07, 6.45) is 7.69. The summed E-state index contributed by atoms with van der Waals surface area (Å²) in [5, 5.41) is 3.23. The van der Waals surface area contributed by atoms with Gasteiger partial charge in [-0.25, -0.2) is 8.78 Å². The summed E-state index contributed by atoms with van der Waals surface area (Å²) >= 11 is 0. The molecule has 3 N–H and O–H groups in total. The molecule has 0 amide bonds. The molecular formula is C17H24F2IN3. The van der Waals surface area contributed by atoms with E-state index >= 15 is 0 Å². The monoisotopic (exact) mass is 435 g/mol. The summed E-state index contributed by atoms with van der Waals surface area (Å²) in [7, 11) is 0. The maximum atomic E-state index is 13.2. The number of rotatable bonds is 3. The molecule has 1 aromatic rings. The van der Waals surface area contributed by atoms with Crippen LogP contribution in [0.15, 0.2) is 23.2 Å². The van der Waals surface area contributed by atoms with Gasteiger partial charge in [-0.2, -0.15) is 0 Å². The van der Waals surface area contributed by atoms with Gasteiger partial charge in [0.1, 0.15) is 11.6 Å². The smallest absolute Gasteiger partial charge is 0.189 e. The van der Waals surface area contributed by atoms with Crippen molar-refractivity contribution in [1.82, 2.24) is 5.32 Å². The van der Waals surface area contributed by atoms with Gasteiger partial charge < -0.3 is 11.1 Å². The Kier molecular flexibility index (Phi) is 6.61. The number of hydrogen-bond donors (Lipinski definition) is 2. The lowest BCUT2D eigenvalue weighted by Gasteiger charge is -2.36. The molecule has 0 aromatic heterocycles. The van der Waals surface area contributed by atoms with Crippen LogP contribution in [0.5, 0.6) is 0 Å². The molecule has 6 heteroatoms. The Hall–Kier alpha value is -0.920. The first-order valence-electron chi connectivity index (χ1n) is 8.16. The molecule has 23 heavy (non-hydrogen) atoms. The topological polar surface area (TPSA) is 50.4 Å². The summed E-state index contributed by atoms with van der Waals surface area (Å²) in [4.78, 5) is 4.55. The van der Waals surface area contributed by atoms with E-state index in [1.165, 1.54) is 31.4 Å². The number of halogens is 3. The average molecular weight is 435 g/mol. The number of nitrogens with two attached hydrogens (primary N) is 1. The Morgan fingerprint density at radius 2 is 1.65 bits per heavy atom. The van der Waals surface area contributed by atoms with Gasteiger partial charge >= 0.3 is 0 Å². The van der Waals surface area contributed by atoms with Crippen LogP contribution in [0.25, 0.3) is 0 Å². The number of guanidine groups is 1. The third-order valence-corrected chi connectivity index (χ3v) is 4.74. The Labute approximate surface area is 153 Å². The molecule has 0 unspecified atom stereocenters. The minimum atomic E-state index is -0.509. The van der Waals surface area contributed by atoms with Gasteiger partial charge in [0, 0.05) is 12.1 Å². The number of hydrogen-bond acceptors (Lipinski definition) is 1. The Bertz CT molecular complexity index is 533. The van der Waals surface area contributed by atoms with Crippen LogP contribution in [0.4, 0.5) is 8.78 Å². The Morgan fingerprint density at radius 1 is 1.04 bits per heavy atom. The van der Waals surface area contributed by atoms with E-state index in [0.717, 1.165) is 37.3 Å². The fourth-order valence-corrected chi connectivity index (χ4v) is 3.47. The van der Waals surface area contributed by atoms with Gasteiger partial charge in [-0.05, 0) is 49.3 Å². The normalized spacial score (nSPS) is 25.4. The van der Waals surface area contributed by atoms with Crippen LogP contribution in [0.3, 0.4) is 0 Å². The highest BCUT2D eigenvalue weighted by Crippen LogP contribution is 2.37. The van der Waals surface area contributed by atoms with Gasteiger partial charge in [0.15, 0.2) is 5.96 Å². The zero-order valence-electron chi connectivity index (χ0n) is 13.1. The molecule has 3 nitrogen and oxygen atoms in total. The Balaban J connectivity index is 0.00000192. The van der Waals surface area contributed by atoms with Gasteiger partial charge in [0.25, 0.3) is 0 Å². The van der Waals surface area contributed by atoms with E-state index < -0.39 is 11.6 Å². The van der Waals surface area contributed by atoms with Gasteiger partial charge in [0.2, 0.25) is 0 Å². The highest BCUT2D eigenvalue weighted by atomic mass is 127. The second-order valence-corrected chi connectivity index (χ2v) is 6.52. The van der Waals surface area contributed by atoms with Crippen molar-refractivity contribution < 1.29 is 8.78 Å². The van der Waals surface area contributed by atoms with Crippen LogP contribution in [0, 0.1) is 11.6 Å². The lowest BCUT2D eigenvalue weighted by Crippen LogP contribution is -2.47. The van der Waals surface area contributed by atoms with Crippen LogP contribution in [-0.2, 0) is 0 Å². The van der Waals surface area contributed by atoms with Crippen molar-refractivity contribution >= 4 is 29.9 Å². The molecule has 128 valence electrons. The van der Waals surface area contributed by atoms with Gasteiger partial charge in [-0.1, -0.05) is 19.3 Å². The van der Waals surface area contributed by atoms with Crippen molar-refractivity contribution in [1.29, 1.82) is 0 Å². The highest BCUT2D eigenvalue weighted by Gasteiger charge is 2.31. The molecule has 3 rings (SSSR count). The summed E-state index contributed by atoms with van der Waals surface area (Å²) in [6, 6.07) is 4.36. The van der Waals surface area contributed by atoms with Crippen molar-refractivity contribution in [3.8, 4) is 0 Å². The number of benzene rings is 1. The van der Waals surface area contributed by atoms with Gasteiger partial charge in [-0.3, -0.25) is 4.99 Å². The van der Waals surface area contributed by atoms with Crippen molar-refractivity contribution in [3.63, 3.8) is 0 Å². The van der Waals surface area contributed by atoms with E-state index in [1.807, 2.05) is 0 Å². The molecule has 0 atom stereocenters. The lowest BCUT2D eigenvalue weighted by atomic mass is 9.76. The van der Waals surface area contributed by atoms with E-state index in [2.05, 4.69) is 10.3 Å². The molecule has 0 spiro atoms. The second-order valence-electron chi connectivity index (χ2n) is 6.52. The third-order valence-electron chi connectivity index (χ3n) is 4.74. The third kappa shape index (κ3) is 5.02. The van der Waals surface area contributed by atoms with E-state index in [9.17, 15) is 8.78 Å². The largest absolute Gasteiger partial charge is 0.370 e. The summed E-state index contributed by atoms with van der Waals surface area (Å²) in [6.45, 7) is 0. The molecule has 2 aliphatic carbocycles. The fraction of sp³-hybridized carbons (Fsp3) is 0.588. The highest BCUT2D eigenvalue weighted by molar-refractivity contribution is 14.0. The van der Waals surface area contributed by atoms with Gasteiger partial charge in [0.05, 0.1) is 6.04 Å². The van der Waals surface area contributed by atoms with Crippen molar-refractivity contribution in [3.05, 3.63) is 35.4 Å². The number of aliphatic imine (C=N–C) groups is 1. The quantitative estimate of drug-likeness (QED) is 0.428. The van der Waals surface area contributed by atoms with E-state index in [-0.39, 0.29) is 35.9 Å². The van der Waals surface area contributed by atoms with Gasteiger partial charge in [-0.15, -0.1) is 24.0 Å². The number of nitrogens with one attached hydrogen (secondary N) is 1. The molecule has 1 aromatic carbocycles. The minimum Gasteiger partial charge on any atom is -0.370 e. The van der Waals surface area contributed by atoms with Crippen LogP contribution in [0.1, 0.15) is 56.4 Å². The van der Waals surface area contributed by atoms with Crippen LogP contribution < -0.4 is 11.1 Å².